The molecule has 0 aromatic rings. The molecule has 0 N–H and O–H groups in total. The van der Waals surface area contributed by atoms with E-state index in [1.54, 1.807) is 6.92 Å². The minimum absolute atomic E-state index is 0.0311. The van der Waals surface area contributed by atoms with Crippen molar-refractivity contribution < 1.29 is 9.53 Å². The number of hydrogen-bond acceptors (Lipinski definition) is 2. The van der Waals surface area contributed by atoms with Crippen LogP contribution in [-0.2, 0) is 9.53 Å². The zero-order valence-electron chi connectivity index (χ0n) is 10.4. The molecule has 3 heteroatoms. The lowest BCUT2D eigenvalue weighted by Gasteiger charge is -2.52. The summed E-state index contributed by atoms with van der Waals surface area (Å²) in [6.45, 7) is 10.4. The Morgan fingerprint density at radius 3 is 2.47 bits per heavy atom. The van der Waals surface area contributed by atoms with Crippen LogP contribution >= 0.6 is 0 Å². The van der Waals surface area contributed by atoms with E-state index in [9.17, 15) is 4.79 Å². The molecule has 2 rings (SSSR count). The van der Waals surface area contributed by atoms with Crippen molar-refractivity contribution in [3.8, 4) is 0 Å². The van der Waals surface area contributed by atoms with E-state index < -0.39 is 0 Å². The van der Waals surface area contributed by atoms with Crippen molar-refractivity contribution in [2.45, 2.75) is 46.1 Å². The Bertz CT molecular complexity index is 222. The lowest BCUT2D eigenvalue weighted by molar-refractivity contribution is -0.185. The normalized spacial score (nSPS) is 27.7. The molecule has 2 fully saturated rings. The highest BCUT2D eigenvalue weighted by molar-refractivity contribution is 5.74. The van der Waals surface area contributed by atoms with E-state index in [0.29, 0.717) is 0 Å². The first-order chi connectivity index (χ1) is 7.11. The molecular formula is C12H23NO2. The third-order valence-corrected chi connectivity index (χ3v) is 3.14. The molecule has 0 saturated carbocycles. The molecule has 2 aliphatic rings. The highest BCUT2D eigenvalue weighted by atomic mass is 16.5. The fraction of sp³-hybridized carbons (Fsp3) is 0.917. The Kier molecular flexibility index (Phi) is 4.14. The van der Waals surface area contributed by atoms with Crippen LogP contribution in [0.2, 0.25) is 0 Å². The third kappa shape index (κ3) is 2.71. The molecule has 2 aliphatic heterocycles. The molecule has 0 bridgehead atoms. The van der Waals surface area contributed by atoms with Gasteiger partial charge in [-0.1, -0.05) is 20.8 Å². The van der Waals surface area contributed by atoms with Gasteiger partial charge in [-0.25, -0.2) is 0 Å². The maximum Gasteiger partial charge on any atom is 0.219 e. The number of hydrogen-bond donors (Lipinski definition) is 0. The standard InChI is InChI=1S/C10H17NO2.C2H6/c1-8-3-4-13-10(5-8)6-11(7-10)9(2)12;1-2/h8H,3-7H2,1-2H3;1-2H3/t8-;/m1./s1. The van der Waals surface area contributed by atoms with Crippen LogP contribution in [0.3, 0.4) is 0 Å². The Labute approximate surface area is 92.8 Å². The molecular weight excluding hydrogens is 190 g/mol. The number of likely N-dealkylation sites (tertiary alicyclic amines) is 1. The average molecular weight is 213 g/mol. The lowest BCUT2D eigenvalue weighted by Crippen LogP contribution is -2.66. The summed E-state index contributed by atoms with van der Waals surface area (Å²) in [4.78, 5) is 12.9. The number of amides is 1. The van der Waals surface area contributed by atoms with Gasteiger partial charge >= 0.3 is 0 Å². The van der Waals surface area contributed by atoms with Crippen LogP contribution in [0.25, 0.3) is 0 Å². The molecule has 2 saturated heterocycles. The second-order valence-electron chi connectivity index (χ2n) is 4.50. The summed E-state index contributed by atoms with van der Waals surface area (Å²) in [7, 11) is 0. The van der Waals surface area contributed by atoms with Gasteiger partial charge < -0.3 is 9.64 Å². The zero-order chi connectivity index (χ0) is 11.5. The van der Waals surface area contributed by atoms with Crippen LogP contribution in [0, 0.1) is 5.92 Å². The maximum atomic E-state index is 11.0. The van der Waals surface area contributed by atoms with E-state index in [4.69, 9.17) is 4.74 Å². The minimum atomic E-state index is 0.0311. The molecule has 0 aromatic carbocycles. The molecule has 88 valence electrons. The molecule has 0 aromatic heterocycles. The molecule has 1 atom stereocenters. The lowest BCUT2D eigenvalue weighted by atomic mass is 9.81. The van der Waals surface area contributed by atoms with Gasteiger partial charge in [0.25, 0.3) is 0 Å². The number of carbonyl (C=O) groups is 1. The predicted molar refractivity (Wildman–Crippen MR) is 60.7 cm³/mol. The molecule has 1 spiro atoms. The van der Waals surface area contributed by atoms with Crippen molar-refractivity contribution in [1.29, 1.82) is 0 Å². The van der Waals surface area contributed by atoms with E-state index in [2.05, 4.69) is 6.92 Å². The predicted octanol–water partition coefficient (Wildman–Crippen LogP) is 2.06. The summed E-state index contributed by atoms with van der Waals surface area (Å²) in [5.74, 6) is 0.926. The first kappa shape index (κ1) is 12.5. The molecule has 2 heterocycles. The van der Waals surface area contributed by atoms with E-state index in [0.717, 1.165) is 32.0 Å². The molecule has 1 amide bonds. The third-order valence-electron chi connectivity index (χ3n) is 3.14. The first-order valence-corrected chi connectivity index (χ1v) is 6.01. The van der Waals surface area contributed by atoms with Crippen molar-refractivity contribution >= 4 is 5.91 Å². The van der Waals surface area contributed by atoms with Gasteiger partial charge in [0.2, 0.25) is 5.91 Å². The topological polar surface area (TPSA) is 29.5 Å². The van der Waals surface area contributed by atoms with Crippen molar-refractivity contribution in [2.24, 2.45) is 5.92 Å². The Hall–Kier alpha value is -0.570. The number of rotatable bonds is 0. The average Bonchev–Trinajstić information content (AvgIpc) is 2.17. The van der Waals surface area contributed by atoms with Crippen molar-refractivity contribution in [2.75, 3.05) is 19.7 Å². The molecule has 3 nitrogen and oxygen atoms in total. The van der Waals surface area contributed by atoms with Crippen molar-refractivity contribution in [1.82, 2.24) is 4.90 Å². The second-order valence-corrected chi connectivity index (χ2v) is 4.50. The van der Waals surface area contributed by atoms with Crippen LogP contribution < -0.4 is 0 Å². The van der Waals surface area contributed by atoms with Crippen LogP contribution in [0.5, 0.6) is 0 Å². The second kappa shape index (κ2) is 4.97. The van der Waals surface area contributed by atoms with Crippen LogP contribution in [-0.4, -0.2) is 36.1 Å². The van der Waals surface area contributed by atoms with E-state index in [1.165, 1.54) is 6.42 Å². The summed E-state index contributed by atoms with van der Waals surface area (Å²) >= 11 is 0. The maximum absolute atomic E-state index is 11.0. The monoisotopic (exact) mass is 213 g/mol. The molecule has 15 heavy (non-hydrogen) atoms. The summed E-state index contributed by atoms with van der Waals surface area (Å²) in [6, 6.07) is 0. The fourth-order valence-electron chi connectivity index (χ4n) is 2.37. The van der Waals surface area contributed by atoms with Crippen molar-refractivity contribution in [3.05, 3.63) is 0 Å². The van der Waals surface area contributed by atoms with Gasteiger partial charge in [0, 0.05) is 13.5 Å². The Morgan fingerprint density at radius 2 is 2.00 bits per heavy atom. The van der Waals surface area contributed by atoms with E-state index in [1.807, 2.05) is 18.7 Å². The summed E-state index contributed by atoms with van der Waals surface area (Å²) in [5, 5.41) is 0. The van der Waals surface area contributed by atoms with Crippen LogP contribution in [0.4, 0.5) is 0 Å². The summed E-state index contributed by atoms with van der Waals surface area (Å²) < 4.78 is 5.76. The van der Waals surface area contributed by atoms with Gasteiger partial charge in [-0.3, -0.25) is 4.79 Å². The number of ether oxygens (including phenoxy) is 1. The van der Waals surface area contributed by atoms with E-state index in [-0.39, 0.29) is 11.5 Å². The van der Waals surface area contributed by atoms with Gasteiger partial charge in [-0.05, 0) is 18.8 Å². The van der Waals surface area contributed by atoms with Crippen LogP contribution in [0.15, 0.2) is 0 Å². The Balaban J connectivity index is 0.000000531. The zero-order valence-corrected chi connectivity index (χ0v) is 10.4. The Morgan fingerprint density at radius 1 is 1.40 bits per heavy atom. The highest BCUT2D eigenvalue weighted by Crippen LogP contribution is 2.36. The quantitative estimate of drug-likeness (QED) is 0.616. The molecule has 0 unspecified atom stereocenters. The summed E-state index contributed by atoms with van der Waals surface area (Å²) in [6.07, 6.45) is 2.29. The van der Waals surface area contributed by atoms with Crippen LogP contribution in [0.1, 0.15) is 40.5 Å². The number of nitrogens with zero attached hydrogens (tertiary/aromatic N) is 1. The van der Waals surface area contributed by atoms with Gasteiger partial charge in [0.05, 0.1) is 13.1 Å². The van der Waals surface area contributed by atoms with Gasteiger partial charge in [-0.2, -0.15) is 0 Å². The van der Waals surface area contributed by atoms with Crippen molar-refractivity contribution in [3.63, 3.8) is 0 Å². The fourth-order valence-corrected chi connectivity index (χ4v) is 2.37. The smallest absolute Gasteiger partial charge is 0.219 e. The SMILES string of the molecule is CC.CC(=O)N1CC2(C[C@H](C)CCO2)C1. The van der Waals surface area contributed by atoms with E-state index >= 15 is 0 Å². The molecule has 0 aliphatic carbocycles. The van der Waals surface area contributed by atoms with Gasteiger partial charge in [0.15, 0.2) is 0 Å². The summed E-state index contributed by atoms with van der Waals surface area (Å²) in [5.41, 5.74) is 0.0311. The number of carbonyl (C=O) groups excluding carboxylic acids is 1. The highest BCUT2D eigenvalue weighted by Gasteiger charge is 2.47. The first-order valence-electron chi connectivity index (χ1n) is 6.01. The molecule has 0 radical (unpaired) electrons. The van der Waals surface area contributed by atoms with Gasteiger partial charge in [0.1, 0.15) is 5.60 Å². The largest absolute Gasteiger partial charge is 0.371 e. The van der Waals surface area contributed by atoms with Gasteiger partial charge in [-0.15, -0.1) is 0 Å². The minimum Gasteiger partial charge on any atom is -0.371 e.